The van der Waals surface area contributed by atoms with E-state index in [1.807, 2.05) is 6.92 Å². The van der Waals surface area contributed by atoms with Crippen LogP contribution in [-0.4, -0.2) is 17.8 Å². The van der Waals surface area contributed by atoms with Gasteiger partial charge in [0, 0.05) is 5.69 Å². The van der Waals surface area contributed by atoms with Crippen LogP contribution in [0.2, 0.25) is 0 Å². The molecule has 1 rings (SSSR count). The van der Waals surface area contributed by atoms with E-state index in [0.29, 0.717) is 12.1 Å². The molecule has 0 fully saturated rings. The molecular formula is C13H18ClF3N2O2. The molecule has 0 saturated carbocycles. The molecular weight excluding hydrogens is 309 g/mol. The quantitative estimate of drug-likeness (QED) is 0.871. The minimum absolute atomic E-state index is 0. The number of ether oxygens (including phenoxy) is 1. The number of amides is 1. The SMILES string of the molecule is CCCC(C)(N)C(=O)Nc1ccc(OC(F)(F)F)cc1.Cl. The number of anilines is 1. The molecule has 8 heteroatoms. The van der Waals surface area contributed by atoms with Gasteiger partial charge in [0.1, 0.15) is 5.75 Å². The lowest BCUT2D eigenvalue weighted by atomic mass is 9.96. The Labute approximate surface area is 127 Å². The zero-order valence-electron chi connectivity index (χ0n) is 11.7. The Kier molecular flexibility index (Phi) is 6.99. The predicted octanol–water partition coefficient (Wildman–Crippen LogP) is 3.46. The van der Waals surface area contributed by atoms with Crippen LogP contribution in [-0.2, 0) is 4.79 Å². The van der Waals surface area contributed by atoms with Crippen molar-refractivity contribution in [2.75, 3.05) is 5.32 Å². The van der Waals surface area contributed by atoms with Gasteiger partial charge in [0.05, 0.1) is 5.54 Å². The maximum atomic E-state index is 12.0. The van der Waals surface area contributed by atoms with E-state index in [9.17, 15) is 18.0 Å². The predicted molar refractivity (Wildman–Crippen MR) is 76.5 cm³/mol. The van der Waals surface area contributed by atoms with Gasteiger partial charge in [0.15, 0.2) is 0 Å². The van der Waals surface area contributed by atoms with Gasteiger partial charge < -0.3 is 15.8 Å². The van der Waals surface area contributed by atoms with E-state index in [2.05, 4.69) is 10.1 Å². The largest absolute Gasteiger partial charge is 0.573 e. The fourth-order valence-corrected chi connectivity index (χ4v) is 1.65. The summed E-state index contributed by atoms with van der Waals surface area (Å²) >= 11 is 0. The van der Waals surface area contributed by atoms with Gasteiger partial charge in [0.25, 0.3) is 0 Å². The number of rotatable bonds is 5. The van der Waals surface area contributed by atoms with E-state index in [1.165, 1.54) is 12.1 Å². The Balaban J connectivity index is 0.00000400. The average molecular weight is 327 g/mol. The molecule has 1 atom stereocenters. The number of carbonyl (C=O) groups is 1. The average Bonchev–Trinajstić information content (AvgIpc) is 2.29. The summed E-state index contributed by atoms with van der Waals surface area (Å²) in [6, 6.07) is 4.88. The molecule has 0 saturated heterocycles. The summed E-state index contributed by atoms with van der Waals surface area (Å²) in [6.45, 7) is 3.51. The molecule has 0 aliphatic carbocycles. The van der Waals surface area contributed by atoms with Gasteiger partial charge in [-0.1, -0.05) is 13.3 Å². The van der Waals surface area contributed by atoms with E-state index >= 15 is 0 Å². The van der Waals surface area contributed by atoms with E-state index in [4.69, 9.17) is 5.73 Å². The fraction of sp³-hybridized carbons (Fsp3) is 0.462. The van der Waals surface area contributed by atoms with Crippen molar-refractivity contribution in [2.24, 2.45) is 5.73 Å². The molecule has 21 heavy (non-hydrogen) atoms. The topological polar surface area (TPSA) is 64.4 Å². The molecule has 0 radical (unpaired) electrons. The minimum atomic E-state index is -4.73. The van der Waals surface area contributed by atoms with E-state index in [1.54, 1.807) is 6.92 Å². The Morgan fingerprint density at radius 3 is 2.24 bits per heavy atom. The van der Waals surface area contributed by atoms with Crippen LogP contribution in [0.3, 0.4) is 0 Å². The van der Waals surface area contributed by atoms with Crippen LogP contribution in [0.15, 0.2) is 24.3 Å². The standard InChI is InChI=1S/C13H17F3N2O2.ClH/c1-3-8-12(2,17)11(19)18-9-4-6-10(7-5-9)20-13(14,15)16;/h4-7H,3,8,17H2,1-2H3,(H,18,19);1H. The Morgan fingerprint density at radius 1 is 1.29 bits per heavy atom. The highest BCUT2D eigenvalue weighted by Gasteiger charge is 2.31. The van der Waals surface area contributed by atoms with E-state index < -0.39 is 11.9 Å². The van der Waals surface area contributed by atoms with Crippen molar-refractivity contribution in [3.05, 3.63) is 24.3 Å². The molecule has 3 N–H and O–H groups in total. The fourth-order valence-electron chi connectivity index (χ4n) is 1.65. The molecule has 120 valence electrons. The van der Waals surface area contributed by atoms with Crippen LogP contribution in [0.25, 0.3) is 0 Å². The molecule has 0 aliphatic heterocycles. The van der Waals surface area contributed by atoms with Crippen LogP contribution < -0.4 is 15.8 Å². The van der Waals surface area contributed by atoms with Crippen molar-refractivity contribution in [3.8, 4) is 5.75 Å². The number of alkyl halides is 3. The summed E-state index contributed by atoms with van der Waals surface area (Å²) in [7, 11) is 0. The summed E-state index contributed by atoms with van der Waals surface area (Å²) < 4.78 is 39.7. The lowest BCUT2D eigenvalue weighted by Crippen LogP contribution is -2.48. The monoisotopic (exact) mass is 326 g/mol. The lowest BCUT2D eigenvalue weighted by molar-refractivity contribution is -0.274. The maximum Gasteiger partial charge on any atom is 0.573 e. The highest BCUT2D eigenvalue weighted by Crippen LogP contribution is 2.24. The van der Waals surface area contributed by atoms with Crippen LogP contribution in [0.4, 0.5) is 18.9 Å². The Morgan fingerprint density at radius 2 is 1.81 bits per heavy atom. The number of hydrogen-bond acceptors (Lipinski definition) is 3. The van der Waals surface area contributed by atoms with Gasteiger partial charge in [-0.3, -0.25) is 4.79 Å². The second-order valence-corrected chi connectivity index (χ2v) is 4.69. The van der Waals surface area contributed by atoms with E-state index in [-0.39, 0.29) is 24.1 Å². The van der Waals surface area contributed by atoms with Gasteiger partial charge in [-0.15, -0.1) is 25.6 Å². The third-order valence-corrected chi connectivity index (χ3v) is 2.63. The summed E-state index contributed by atoms with van der Waals surface area (Å²) in [4.78, 5) is 11.9. The third kappa shape index (κ3) is 6.68. The van der Waals surface area contributed by atoms with Crippen molar-refractivity contribution in [3.63, 3.8) is 0 Å². The number of hydrogen-bond donors (Lipinski definition) is 2. The zero-order chi connectivity index (χ0) is 15.4. The summed E-state index contributed by atoms with van der Waals surface area (Å²) in [6.07, 6.45) is -3.48. The van der Waals surface area contributed by atoms with Crippen molar-refractivity contribution in [1.82, 2.24) is 0 Å². The number of nitrogens with two attached hydrogens (primary N) is 1. The second-order valence-electron chi connectivity index (χ2n) is 4.69. The summed E-state index contributed by atoms with van der Waals surface area (Å²) in [5.74, 6) is -0.733. The minimum Gasteiger partial charge on any atom is -0.406 e. The Hall–Kier alpha value is -1.47. The molecule has 1 amide bonds. The normalized spacial score (nSPS) is 13.8. The smallest absolute Gasteiger partial charge is 0.406 e. The van der Waals surface area contributed by atoms with Crippen LogP contribution in [0.1, 0.15) is 26.7 Å². The molecule has 0 aliphatic rings. The lowest BCUT2D eigenvalue weighted by Gasteiger charge is -2.22. The van der Waals surface area contributed by atoms with Gasteiger partial charge >= 0.3 is 6.36 Å². The van der Waals surface area contributed by atoms with Crippen molar-refractivity contribution >= 4 is 24.0 Å². The molecule has 0 spiro atoms. The van der Waals surface area contributed by atoms with Gasteiger partial charge in [-0.2, -0.15) is 0 Å². The van der Waals surface area contributed by atoms with E-state index in [0.717, 1.165) is 18.6 Å². The molecule has 0 heterocycles. The highest BCUT2D eigenvalue weighted by molar-refractivity contribution is 5.97. The first kappa shape index (κ1) is 19.5. The molecule has 1 aromatic carbocycles. The Bertz CT molecular complexity index is 461. The number of halogens is 4. The number of nitrogens with one attached hydrogen (secondary N) is 1. The van der Waals surface area contributed by atoms with Crippen LogP contribution in [0, 0.1) is 0 Å². The first-order chi connectivity index (χ1) is 9.14. The molecule has 0 bridgehead atoms. The number of benzene rings is 1. The second kappa shape index (κ2) is 7.51. The molecule has 0 aromatic heterocycles. The van der Waals surface area contributed by atoms with Crippen molar-refractivity contribution in [1.29, 1.82) is 0 Å². The van der Waals surface area contributed by atoms with Crippen molar-refractivity contribution < 1.29 is 22.7 Å². The molecule has 1 aromatic rings. The first-order valence-electron chi connectivity index (χ1n) is 6.10. The van der Waals surface area contributed by atoms with Gasteiger partial charge in [0.2, 0.25) is 5.91 Å². The molecule has 1 unspecified atom stereocenters. The number of carbonyl (C=O) groups excluding carboxylic acids is 1. The van der Waals surface area contributed by atoms with Crippen molar-refractivity contribution in [2.45, 2.75) is 38.6 Å². The first-order valence-corrected chi connectivity index (χ1v) is 6.10. The molecule has 4 nitrogen and oxygen atoms in total. The maximum absolute atomic E-state index is 12.0. The zero-order valence-corrected chi connectivity index (χ0v) is 12.5. The third-order valence-electron chi connectivity index (χ3n) is 2.63. The summed E-state index contributed by atoms with van der Waals surface area (Å²) in [5.41, 5.74) is 5.19. The highest BCUT2D eigenvalue weighted by atomic mass is 35.5. The summed E-state index contributed by atoms with van der Waals surface area (Å²) in [5, 5.41) is 2.56. The van der Waals surface area contributed by atoms with Gasteiger partial charge in [-0.25, -0.2) is 0 Å². The van der Waals surface area contributed by atoms with Gasteiger partial charge in [-0.05, 0) is 37.6 Å². The van der Waals surface area contributed by atoms with Crippen LogP contribution >= 0.6 is 12.4 Å². The van der Waals surface area contributed by atoms with Crippen LogP contribution in [0.5, 0.6) is 5.75 Å².